The number of nitrogens with zero attached hydrogens (tertiary/aromatic N) is 3. The van der Waals surface area contributed by atoms with Gasteiger partial charge in [-0.3, -0.25) is 4.98 Å². The Kier molecular flexibility index (Phi) is 3.60. The quantitative estimate of drug-likeness (QED) is 0.852. The monoisotopic (exact) mass is 274 g/mol. The zero-order valence-corrected chi connectivity index (χ0v) is 11.3. The van der Waals surface area contributed by atoms with Gasteiger partial charge in [0.25, 0.3) is 0 Å². The summed E-state index contributed by atoms with van der Waals surface area (Å²) < 4.78 is 0. The molecule has 0 bridgehead atoms. The Bertz CT molecular complexity index is 555. The molecule has 0 aliphatic heterocycles. The van der Waals surface area contributed by atoms with Crippen molar-refractivity contribution in [1.29, 1.82) is 0 Å². The Morgan fingerprint density at radius 2 is 2.21 bits per heavy atom. The van der Waals surface area contributed by atoms with Gasteiger partial charge in [0.15, 0.2) is 0 Å². The minimum absolute atomic E-state index is 0.512. The van der Waals surface area contributed by atoms with Gasteiger partial charge in [0.1, 0.15) is 16.8 Å². The zero-order valence-electron chi connectivity index (χ0n) is 10.5. The number of pyridine rings is 1. The van der Waals surface area contributed by atoms with E-state index in [0.29, 0.717) is 11.1 Å². The molecule has 0 aromatic carbocycles. The molecule has 0 atom stereocenters. The highest BCUT2D eigenvalue weighted by Crippen LogP contribution is 2.38. The predicted octanol–water partition coefficient (Wildman–Crippen LogP) is 3.06. The van der Waals surface area contributed by atoms with Gasteiger partial charge in [-0.1, -0.05) is 17.7 Å². The standard InChI is InChI=1S/C14H15ClN4/c15-12-8-13(19-14(18-12)11-3-4-11)17-7-5-10-2-1-6-16-9-10/h1-2,6,8-9,11H,3-5,7H2,(H,17,18,19). The fourth-order valence-corrected chi connectivity index (χ4v) is 2.12. The molecule has 1 aliphatic carbocycles. The summed E-state index contributed by atoms with van der Waals surface area (Å²) in [5, 5.41) is 3.81. The third-order valence-corrected chi connectivity index (χ3v) is 3.29. The summed E-state index contributed by atoms with van der Waals surface area (Å²) in [6, 6.07) is 5.79. The summed E-state index contributed by atoms with van der Waals surface area (Å²) in [5.74, 6) is 2.19. The van der Waals surface area contributed by atoms with Crippen molar-refractivity contribution < 1.29 is 0 Å². The van der Waals surface area contributed by atoms with Crippen LogP contribution in [0.1, 0.15) is 30.1 Å². The molecule has 2 heterocycles. The first-order valence-corrected chi connectivity index (χ1v) is 6.86. The van der Waals surface area contributed by atoms with E-state index >= 15 is 0 Å². The summed E-state index contributed by atoms with van der Waals surface area (Å²) in [7, 11) is 0. The van der Waals surface area contributed by atoms with Crippen LogP contribution in [-0.2, 0) is 6.42 Å². The van der Waals surface area contributed by atoms with Crippen molar-refractivity contribution in [2.45, 2.75) is 25.2 Å². The Morgan fingerprint density at radius 3 is 2.95 bits per heavy atom. The lowest BCUT2D eigenvalue weighted by molar-refractivity contribution is 0.914. The van der Waals surface area contributed by atoms with Gasteiger partial charge in [-0.2, -0.15) is 0 Å². The highest BCUT2D eigenvalue weighted by molar-refractivity contribution is 6.29. The van der Waals surface area contributed by atoms with E-state index in [-0.39, 0.29) is 0 Å². The molecule has 0 radical (unpaired) electrons. The van der Waals surface area contributed by atoms with E-state index in [0.717, 1.165) is 24.6 Å². The van der Waals surface area contributed by atoms with E-state index in [4.69, 9.17) is 11.6 Å². The highest BCUT2D eigenvalue weighted by atomic mass is 35.5. The van der Waals surface area contributed by atoms with Gasteiger partial charge in [-0.15, -0.1) is 0 Å². The molecule has 1 saturated carbocycles. The predicted molar refractivity (Wildman–Crippen MR) is 75.4 cm³/mol. The third-order valence-electron chi connectivity index (χ3n) is 3.10. The molecular weight excluding hydrogens is 260 g/mol. The highest BCUT2D eigenvalue weighted by Gasteiger charge is 2.27. The number of anilines is 1. The van der Waals surface area contributed by atoms with Crippen LogP contribution < -0.4 is 5.32 Å². The summed E-state index contributed by atoms with van der Waals surface area (Å²) in [6.45, 7) is 0.809. The van der Waals surface area contributed by atoms with Crippen molar-refractivity contribution in [2.75, 3.05) is 11.9 Å². The van der Waals surface area contributed by atoms with Crippen LogP contribution in [0.15, 0.2) is 30.6 Å². The molecule has 3 rings (SSSR count). The van der Waals surface area contributed by atoms with Gasteiger partial charge >= 0.3 is 0 Å². The molecule has 2 aromatic heterocycles. The molecule has 0 spiro atoms. The first-order valence-electron chi connectivity index (χ1n) is 6.48. The summed E-state index contributed by atoms with van der Waals surface area (Å²) >= 11 is 6.02. The van der Waals surface area contributed by atoms with E-state index < -0.39 is 0 Å². The van der Waals surface area contributed by atoms with Crippen molar-refractivity contribution >= 4 is 17.4 Å². The van der Waals surface area contributed by atoms with Crippen LogP contribution in [0.4, 0.5) is 5.82 Å². The van der Waals surface area contributed by atoms with E-state index in [1.165, 1.54) is 18.4 Å². The van der Waals surface area contributed by atoms with Crippen molar-refractivity contribution in [3.05, 3.63) is 47.1 Å². The molecule has 19 heavy (non-hydrogen) atoms. The lowest BCUT2D eigenvalue weighted by Crippen LogP contribution is -2.08. The number of hydrogen-bond acceptors (Lipinski definition) is 4. The Labute approximate surface area is 117 Å². The molecule has 4 nitrogen and oxygen atoms in total. The van der Waals surface area contributed by atoms with E-state index in [2.05, 4.69) is 26.3 Å². The third kappa shape index (κ3) is 3.41. The molecular formula is C14H15ClN4. The SMILES string of the molecule is Clc1cc(NCCc2cccnc2)nc(C2CC2)n1. The average Bonchev–Trinajstić information content (AvgIpc) is 3.24. The van der Waals surface area contributed by atoms with Crippen LogP contribution >= 0.6 is 11.6 Å². The van der Waals surface area contributed by atoms with Crippen LogP contribution in [0, 0.1) is 0 Å². The van der Waals surface area contributed by atoms with E-state index in [1.54, 1.807) is 12.3 Å². The average molecular weight is 275 g/mol. The number of hydrogen-bond donors (Lipinski definition) is 1. The summed E-state index contributed by atoms with van der Waals surface area (Å²) in [5.41, 5.74) is 1.21. The number of aromatic nitrogens is 3. The molecule has 0 amide bonds. The van der Waals surface area contributed by atoms with Gasteiger partial charge in [0.2, 0.25) is 0 Å². The van der Waals surface area contributed by atoms with Crippen molar-refractivity contribution in [1.82, 2.24) is 15.0 Å². The lowest BCUT2D eigenvalue weighted by atomic mass is 10.2. The first kappa shape index (κ1) is 12.4. The van der Waals surface area contributed by atoms with Crippen LogP contribution in [0.2, 0.25) is 5.15 Å². The summed E-state index contributed by atoms with van der Waals surface area (Å²) in [6.07, 6.45) is 6.92. The van der Waals surface area contributed by atoms with Crippen LogP contribution in [-0.4, -0.2) is 21.5 Å². The maximum absolute atomic E-state index is 6.02. The van der Waals surface area contributed by atoms with E-state index in [1.807, 2.05) is 12.3 Å². The maximum atomic E-state index is 6.02. The first-order chi connectivity index (χ1) is 9.31. The molecule has 0 unspecified atom stereocenters. The zero-order chi connectivity index (χ0) is 13.1. The fourth-order valence-electron chi connectivity index (χ4n) is 1.93. The molecule has 5 heteroatoms. The second-order valence-electron chi connectivity index (χ2n) is 4.75. The topological polar surface area (TPSA) is 50.7 Å². The molecule has 1 aliphatic rings. The summed E-state index contributed by atoms with van der Waals surface area (Å²) in [4.78, 5) is 12.9. The number of nitrogens with one attached hydrogen (secondary N) is 1. The Balaban J connectivity index is 1.60. The second-order valence-corrected chi connectivity index (χ2v) is 5.13. The molecule has 1 N–H and O–H groups in total. The van der Waals surface area contributed by atoms with Gasteiger partial charge < -0.3 is 5.32 Å². The van der Waals surface area contributed by atoms with Crippen molar-refractivity contribution in [3.8, 4) is 0 Å². The second kappa shape index (κ2) is 5.53. The Morgan fingerprint density at radius 1 is 1.32 bits per heavy atom. The van der Waals surface area contributed by atoms with Gasteiger partial charge in [-0.25, -0.2) is 9.97 Å². The Hall–Kier alpha value is -1.68. The largest absolute Gasteiger partial charge is 0.370 e. The fraction of sp³-hybridized carbons (Fsp3) is 0.357. The minimum Gasteiger partial charge on any atom is -0.370 e. The van der Waals surface area contributed by atoms with Gasteiger partial charge in [0.05, 0.1) is 0 Å². The molecule has 98 valence electrons. The van der Waals surface area contributed by atoms with Crippen LogP contribution in [0.3, 0.4) is 0 Å². The van der Waals surface area contributed by atoms with Crippen molar-refractivity contribution in [3.63, 3.8) is 0 Å². The number of rotatable bonds is 5. The molecule has 1 fully saturated rings. The van der Waals surface area contributed by atoms with Gasteiger partial charge in [0, 0.05) is 30.9 Å². The normalized spacial score (nSPS) is 14.4. The molecule has 0 saturated heterocycles. The smallest absolute Gasteiger partial charge is 0.135 e. The van der Waals surface area contributed by atoms with Gasteiger partial charge in [-0.05, 0) is 30.9 Å². The van der Waals surface area contributed by atoms with Crippen LogP contribution in [0.25, 0.3) is 0 Å². The van der Waals surface area contributed by atoms with Crippen molar-refractivity contribution in [2.24, 2.45) is 0 Å². The maximum Gasteiger partial charge on any atom is 0.135 e. The number of halogens is 1. The van der Waals surface area contributed by atoms with Crippen LogP contribution in [0.5, 0.6) is 0 Å². The minimum atomic E-state index is 0.512. The lowest BCUT2D eigenvalue weighted by Gasteiger charge is -2.07. The van der Waals surface area contributed by atoms with E-state index in [9.17, 15) is 0 Å². The molecule has 2 aromatic rings.